The predicted molar refractivity (Wildman–Crippen MR) is 137 cm³/mol. The minimum atomic E-state index is -0.280. The fourth-order valence-electron chi connectivity index (χ4n) is 9.62. The van der Waals surface area contributed by atoms with Crippen LogP contribution in [0.25, 0.3) is 0 Å². The molecule has 0 radical (unpaired) electrons. The number of carbonyl (C=O) groups is 1. The van der Waals surface area contributed by atoms with Crippen molar-refractivity contribution in [2.75, 3.05) is 7.05 Å². The Morgan fingerprint density at radius 1 is 1.03 bits per heavy atom. The van der Waals surface area contributed by atoms with Gasteiger partial charge in [0.2, 0.25) is 0 Å². The van der Waals surface area contributed by atoms with Crippen molar-refractivity contribution in [1.29, 1.82) is 0 Å². The number of allylic oxidation sites excluding steroid dienone is 1. The molecule has 3 fully saturated rings. The summed E-state index contributed by atoms with van der Waals surface area (Å²) in [4.78, 5) is 11.8. The predicted octanol–water partition coefficient (Wildman–Crippen LogP) is 8.14. The molecule has 3 saturated carbocycles. The number of alkyl carbamates (subject to hydrolysis) is 1. The second-order valence-electron chi connectivity index (χ2n) is 13.5. The second kappa shape index (κ2) is 9.23. The molecule has 0 aromatic carbocycles. The first-order chi connectivity index (χ1) is 15.5. The molecule has 3 heteroatoms. The maximum atomic E-state index is 11.8. The highest BCUT2D eigenvalue weighted by atomic mass is 16.6. The van der Waals surface area contributed by atoms with E-state index in [-0.39, 0.29) is 17.6 Å². The molecular weight excluding hydrogens is 406 g/mol. The van der Waals surface area contributed by atoms with Gasteiger partial charge in [-0.1, -0.05) is 72.5 Å². The van der Waals surface area contributed by atoms with Gasteiger partial charge in [-0.25, -0.2) is 4.79 Å². The highest BCUT2D eigenvalue weighted by molar-refractivity contribution is 5.66. The Hall–Kier alpha value is -0.990. The van der Waals surface area contributed by atoms with Crippen LogP contribution in [-0.4, -0.2) is 19.2 Å². The maximum absolute atomic E-state index is 11.8. The highest BCUT2D eigenvalue weighted by Crippen LogP contribution is 2.72. The van der Waals surface area contributed by atoms with Crippen LogP contribution >= 0.6 is 0 Å². The number of fused-ring (bicyclic) bond motifs is 5. The number of ether oxygens (including phenoxy) is 1. The first-order valence-electron chi connectivity index (χ1n) is 14.1. The van der Waals surface area contributed by atoms with E-state index >= 15 is 0 Å². The number of nitrogens with one attached hydrogen (secondary N) is 1. The molecule has 0 saturated heterocycles. The van der Waals surface area contributed by atoms with Gasteiger partial charge in [0.25, 0.3) is 0 Å². The molecule has 0 bridgehead atoms. The molecule has 188 valence electrons. The van der Waals surface area contributed by atoms with E-state index in [0.717, 1.165) is 42.4 Å². The summed E-state index contributed by atoms with van der Waals surface area (Å²) >= 11 is 0. The van der Waals surface area contributed by atoms with Gasteiger partial charge in [0.1, 0.15) is 6.10 Å². The molecule has 8 atom stereocenters. The van der Waals surface area contributed by atoms with Gasteiger partial charge in [-0.2, -0.15) is 0 Å². The van der Waals surface area contributed by atoms with Crippen LogP contribution in [0.3, 0.4) is 0 Å². The molecule has 1 N–H and O–H groups in total. The Morgan fingerprint density at radius 3 is 2.48 bits per heavy atom. The Balaban J connectivity index is 1.51. The Labute approximate surface area is 203 Å². The fraction of sp³-hybridized carbons (Fsp3) is 0.900. The highest BCUT2D eigenvalue weighted by Gasteiger charge is 2.64. The third-order valence-corrected chi connectivity index (χ3v) is 11.3. The molecule has 33 heavy (non-hydrogen) atoms. The van der Waals surface area contributed by atoms with E-state index in [4.69, 9.17) is 4.74 Å². The number of rotatable bonds is 6. The van der Waals surface area contributed by atoms with Crippen molar-refractivity contribution in [3.63, 3.8) is 0 Å². The van der Waals surface area contributed by atoms with Crippen LogP contribution in [0.2, 0.25) is 0 Å². The molecule has 0 heterocycles. The third-order valence-electron chi connectivity index (χ3n) is 11.3. The van der Waals surface area contributed by atoms with Gasteiger partial charge in [0.15, 0.2) is 0 Å². The number of amides is 1. The zero-order chi connectivity index (χ0) is 24.0. The van der Waals surface area contributed by atoms with Gasteiger partial charge < -0.3 is 10.1 Å². The van der Waals surface area contributed by atoms with E-state index in [9.17, 15) is 4.79 Å². The number of hydrogen-bond donors (Lipinski definition) is 1. The molecule has 4 rings (SSSR count). The summed E-state index contributed by atoms with van der Waals surface area (Å²) in [5, 5.41) is 2.63. The molecular formula is C30H51NO2. The van der Waals surface area contributed by atoms with Crippen molar-refractivity contribution < 1.29 is 9.53 Å². The average molecular weight is 458 g/mol. The largest absolute Gasteiger partial charge is 0.446 e. The van der Waals surface area contributed by atoms with E-state index in [1.165, 1.54) is 57.8 Å². The van der Waals surface area contributed by atoms with Crippen LogP contribution < -0.4 is 5.32 Å². The van der Waals surface area contributed by atoms with Crippen molar-refractivity contribution in [3.8, 4) is 0 Å². The summed E-state index contributed by atoms with van der Waals surface area (Å²) in [7, 11) is 1.65. The minimum Gasteiger partial charge on any atom is -0.446 e. The maximum Gasteiger partial charge on any atom is 0.407 e. The lowest BCUT2D eigenvalue weighted by Crippen LogP contribution is -2.56. The van der Waals surface area contributed by atoms with E-state index in [1.54, 1.807) is 12.6 Å². The molecule has 0 spiro atoms. The van der Waals surface area contributed by atoms with Crippen molar-refractivity contribution >= 4 is 6.09 Å². The van der Waals surface area contributed by atoms with Crippen molar-refractivity contribution in [3.05, 3.63) is 11.6 Å². The van der Waals surface area contributed by atoms with Gasteiger partial charge in [-0.3, -0.25) is 0 Å². The zero-order valence-electron chi connectivity index (χ0n) is 22.6. The van der Waals surface area contributed by atoms with Crippen LogP contribution in [0.5, 0.6) is 0 Å². The topological polar surface area (TPSA) is 38.3 Å². The first kappa shape index (κ1) is 25.1. The summed E-state index contributed by atoms with van der Waals surface area (Å²) in [5.41, 5.74) is 2.82. The lowest BCUT2D eigenvalue weighted by Gasteiger charge is -2.63. The van der Waals surface area contributed by atoms with Crippen LogP contribution in [0.15, 0.2) is 11.6 Å². The summed E-state index contributed by atoms with van der Waals surface area (Å²) in [6, 6.07) is 0. The van der Waals surface area contributed by atoms with Crippen molar-refractivity contribution in [1.82, 2.24) is 5.32 Å². The second-order valence-corrected chi connectivity index (χ2v) is 13.5. The Morgan fingerprint density at radius 2 is 1.79 bits per heavy atom. The zero-order valence-corrected chi connectivity index (χ0v) is 22.6. The Kier molecular flexibility index (Phi) is 7.02. The smallest absolute Gasteiger partial charge is 0.407 e. The number of hydrogen-bond acceptors (Lipinski definition) is 2. The van der Waals surface area contributed by atoms with E-state index in [0.29, 0.717) is 10.8 Å². The van der Waals surface area contributed by atoms with Crippen LogP contribution in [-0.2, 0) is 4.74 Å². The molecule has 0 unspecified atom stereocenters. The standard InChI is InChI=1S/C30H51NO2/c1-20(2)9-8-10-21(3)24-11-12-25-29(24,5)18-15-26-28(4)17-14-23(33-27(32)31-7)19-22(28)13-16-30(25,26)6/h13,20-21,23-26H,8-12,14-19H2,1-7H3,(H,31,32)/t21-,23+,24-,25-,26-,28+,29-,30+/m0/s1. The van der Waals surface area contributed by atoms with Gasteiger partial charge in [0.05, 0.1) is 0 Å². The van der Waals surface area contributed by atoms with E-state index in [2.05, 4.69) is 52.9 Å². The summed E-state index contributed by atoms with van der Waals surface area (Å²) in [5.74, 6) is 4.23. The summed E-state index contributed by atoms with van der Waals surface area (Å²) in [6.07, 6.45) is 16.6. The fourth-order valence-corrected chi connectivity index (χ4v) is 9.62. The van der Waals surface area contributed by atoms with Crippen LogP contribution in [0, 0.1) is 45.8 Å². The molecule has 3 nitrogen and oxygen atoms in total. The molecule has 1 amide bonds. The monoisotopic (exact) mass is 457 g/mol. The minimum absolute atomic E-state index is 0.0463. The van der Waals surface area contributed by atoms with Gasteiger partial charge in [0, 0.05) is 13.5 Å². The number of carbonyl (C=O) groups excluding carboxylic acids is 1. The summed E-state index contributed by atoms with van der Waals surface area (Å²) in [6.45, 7) is 15.2. The lowest BCUT2D eigenvalue weighted by molar-refractivity contribution is -0.114. The Bertz CT molecular complexity index is 758. The van der Waals surface area contributed by atoms with Crippen molar-refractivity contribution in [2.24, 2.45) is 45.8 Å². The quantitative estimate of drug-likeness (QED) is 0.409. The van der Waals surface area contributed by atoms with Gasteiger partial charge >= 0.3 is 6.09 Å². The molecule has 0 aromatic rings. The molecule has 4 aliphatic carbocycles. The van der Waals surface area contributed by atoms with Gasteiger partial charge in [-0.15, -0.1) is 0 Å². The van der Waals surface area contributed by atoms with E-state index in [1.807, 2.05) is 0 Å². The molecule has 0 aliphatic heterocycles. The van der Waals surface area contributed by atoms with Crippen LogP contribution in [0.4, 0.5) is 4.79 Å². The normalized spacial score (nSPS) is 43.2. The average Bonchev–Trinajstić information content (AvgIpc) is 3.12. The van der Waals surface area contributed by atoms with Gasteiger partial charge in [-0.05, 0) is 90.8 Å². The molecule has 4 aliphatic rings. The molecule has 0 aromatic heterocycles. The third kappa shape index (κ3) is 4.29. The SMILES string of the molecule is CNC(=O)O[C@@H]1CC[C@]2(C)C(=CC[C@]3(C)[C@H]4CC[C@@H]([C@@H](C)CCCC(C)C)[C@]4(C)CC[C@H]32)C1. The van der Waals surface area contributed by atoms with Crippen LogP contribution in [0.1, 0.15) is 112 Å². The lowest BCUT2D eigenvalue weighted by atomic mass is 9.41. The first-order valence-corrected chi connectivity index (χ1v) is 14.1. The summed E-state index contributed by atoms with van der Waals surface area (Å²) < 4.78 is 5.68. The van der Waals surface area contributed by atoms with E-state index < -0.39 is 0 Å². The van der Waals surface area contributed by atoms with Crippen molar-refractivity contribution in [2.45, 2.75) is 118 Å².